The molecule has 1 saturated carbocycles. The Bertz CT molecular complexity index is 1010. The first-order valence-electron chi connectivity index (χ1n) is 9.84. The zero-order valence-electron chi connectivity index (χ0n) is 16.2. The summed E-state index contributed by atoms with van der Waals surface area (Å²) in [6.45, 7) is 7.30. The lowest BCUT2D eigenvalue weighted by Crippen LogP contribution is -2.32. The predicted octanol–water partition coefficient (Wildman–Crippen LogP) is 7.07. The maximum atomic E-state index is 5.26. The smallest absolute Gasteiger partial charge is 0.0717 e. The molecular weight excluding hydrogens is 346 g/mol. The first kappa shape index (κ1) is 17.1. The maximum Gasteiger partial charge on any atom is 0.0717 e. The van der Waals surface area contributed by atoms with E-state index in [1.807, 2.05) is 11.8 Å². The molecule has 1 fully saturated rings. The summed E-state index contributed by atoms with van der Waals surface area (Å²) in [5, 5.41) is 0. The van der Waals surface area contributed by atoms with E-state index >= 15 is 0 Å². The van der Waals surface area contributed by atoms with Gasteiger partial charge in [-0.2, -0.15) is 0 Å². The van der Waals surface area contributed by atoms with Gasteiger partial charge in [0.05, 0.1) is 11.4 Å². The summed E-state index contributed by atoms with van der Waals surface area (Å²) in [6.07, 6.45) is 2.56. The van der Waals surface area contributed by atoms with Crippen molar-refractivity contribution in [3.8, 4) is 11.3 Å². The van der Waals surface area contributed by atoms with Crippen LogP contribution in [0.3, 0.4) is 0 Å². The van der Waals surface area contributed by atoms with Gasteiger partial charge in [0.25, 0.3) is 0 Å². The first-order valence-corrected chi connectivity index (χ1v) is 10.7. The lowest BCUT2D eigenvalue weighted by atomic mass is 9.70. The van der Waals surface area contributed by atoms with Gasteiger partial charge in [-0.05, 0) is 54.0 Å². The van der Waals surface area contributed by atoms with Gasteiger partial charge in [0.2, 0.25) is 0 Å². The Morgan fingerprint density at radius 2 is 1.63 bits per heavy atom. The molecule has 0 spiro atoms. The SMILES string of the molecule is CC1(C)[C@@H]2CC[C@@]1(C)c1nc(-c3ccccc3Sc3ccccc3)ccc12. The Hall–Kier alpha value is -2.06. The first-order chi connectivity index (χ1) is 13.0. The zero-order chi connectivity index (χ0) is 18.6. The summed E-state index contributed by atoms with van der Waals surface area (Å²) in [7, 11) is 0. The summed E-state index contributed by atoms with van der Waals surface area (Å²) in [4.78, 5) is 7.79. The van der Waals surface area contributed by atoms with Crippen molar-refractivity contribution >= 4 is 11.8 Å². The molecule has 0 amide bonds. The Balaban J connectivity index is 1.59. The minimum absolute atomic E-state index is 0.199. The third-order valence-corrected chi connectivity index (χ3v) is 8.27. The number of hydrogen-bond donors (Lipinski definition) is 0. The highest BCUT2D eigenvalue weighted by atomic mass is 32.2. The number of hydrogen-bond acceptors (Lipinski definition) is 2. The van der Waals surface area contributed by atoms with Crippen LogP contribution in [0.5, 0.6) is 0 Å². The van der Waals surface area contributed by atoms with Crippen LogP contribution in [0.1, 0.15) is 50.8 Å². The molecule has 0 N–H and O–H groups in total. The maximum absolute atomic E-state index is 5.26. The lowest BCUT2D eigenvalue weighted by molar-refractivity contribution is 0.227. The number of aromatic nitrogens is 1. The van der Waals surface area contributed by atoms with E-state index < -0.39 is 0 Å². The molecule has 1 nitrogen and oxygen atoms in total. The number of rotatable bonds is 3. The molecule has 0 unspecified atom stereocenters. The molecule has 3 aromatic rings. The van der Waals surface area contributed by atoms with Crippen LogP contribution in [0, 0.1) is 5.41 Å². The normalized spacial score (nSPS) is 24.8. The van der Waals surface area contributed by atoms with Gasteiger partial charge in [-0.15, -0.1) is 0 Å². The summed E-state index contributed by atoms with van der Waals surface area (Å²) in [5.74, 6) is 0.660. The summed E-state index contributed by atoms with van der Waals surface area (Å²) >= 11 is 1.82. The number of fused-ring (bicyclic) bond motifs is 5. The van der Waals surface area contributed by atoms with Gasteiger partial charge in [0.15, 0.2) is 0 Å². The Morgan fingerprint density at radius 3 is 2.44 bits per heavy atom. The third-order valence-electron chi connectivity index (χ3n) is 7.18. The highest BCUT2D eigenvalue weighted by molar-refractivity contribution is 7.99. The second kappa shape index (κ2) is 5.97. The highest BCUT2D eigenvalue weighted by Crippen LogP contribution is 2.67. The summed E-state index contributed by atoms with van der Waals surface area (Å²) < 4.78 is 0. The fraction of sp³-hybridized carbons (Fsp3) is 0.320. The topological polar surface area (TPSA) is 12.9 Å². The van der Waals surface area contributed by atoms with Crippen molar-refractivity contribution in [3.05, 3.63) is 78.0 Å². The fourth-order valence-electron chi connectivity index (χ4n) is 5.19. The highest BCUT2D eigenvalue weighted by Gasteiger charge is 2.60. The van der Waals surface area contributed by atoms with Crippen LogP contribution in [0.2, 0.25) is 0 Å². The van der Waals surface area contributed by atoms with Gasteiger partial charge in [0, 0.05) is 20.8 Å². The van der Waals surface area contributed by atoms with Crippen LogP contribution in [0.25, 0.3) is 11.3 Å². The predicted molar refractivity (Wildman–Crippen MR) is 113 cm³/mol. The van der Waals surface area contributed by atoms with Crippen LogP contribution in [-0.2, 0) is 5.41 Å². The average molecular weight is 372 g/mol. The molecule has 0 aliphatic heterocycles. The van der Waals surface area contributed by atoms with Crippen molar-refractivity contribution in [3.63, 3.8) is 0 Å². The molecule has 0 radical (unpaired) electrons. The average Bonchev–Trinajstić information content (AvgIpc) is 3.01. The monoisotopic (exact) mass is 371 g/mol. The molecule has 1 aromatic heterocycles. The van der Waals surface area contributed by atoms with Crippen molar-refractivity contribution in [2.75, 3.05) is 0 Å². The third kappa shape index (κ3) is 2.42. The van der Waals surface area contributed by atoms with Crippen molar-refractivity contribution < 1.29 is 0 Å². The van der Waals surface area contributed by atoms with Gasteiger partial charge in [-0.3, -0.25) is 4.98 Å². The second-order valence-electron chi connectivity index (χ2n) is 8.69. The van der Waals surface area contributed by atoms with Gasteiger partial charge < -0.3 is 0 Å². The van der Waals surface area contributed by atoms with Crippen LogP contribution in [-0.4, -0.2) is 4.98 Å². The van der Waals surface area contributed by atoms with Gasteiger partial charge in [0.1, 0.15) is 0 Å². The molecule has 1 heterocycles. The largest absolute Gasteiger partial charge is 0.252 e. The summed E-state index contributed by atoms with van der Waals surface area (Å²) in [6, 6.07) is 23.8. The van der Waals surface area contributed by atoms with E-state index in [4.69, 9.17) is 4.98 Å². The molecule has 2 aliphatic rings. The van der Waals surface area contributed by atoms with Crippen molar-refractivity contribution in [1.82, 2.24) is 4.98 Å². The van der Waals surface area contributed by atoms with Crippen molar-refractivity contribution in [1.29, 1.82) is 0 Å². The molecule has 2 bridgehead atoms. The van der Waals surface area contributed by atoms with E-state index in [2.05, 4.69) is 87.5 Å². The van der Waals surface area contributed by atoms with Crippen LogP contribution >= 0.6 is 11.8 Å². The molecule has 2 atom stereocenters. The minimum atomic E-state index is 0.199. The number of pyridine rings is 1. The van der Waals surface area contributed by atoms with Gasteiger partial charge >= 0.3 is 0 Å². The van der Waals surface area contributed by atoms with E-state index in [1.54, 1.807) is 0 Å². The van der Waals surface area contributed by atoms with E-state index in [0.29, 0.717) is 11.3 Å². The summed E-state index contributed by atoms with van der Waals surface area (Å²) in [5.41, 5.74) is 5.69. The van der Waals surface area contributed by atoms with Crippen LogP contribution in [0.15, 0.2) is 76.5 Å². The molecule has 2 aliphatic carbocycles. The Kier molecular flexibility index (Phi) is 3.77. The lowest BCUT2D eigenvalue weighted by Gasteiger charge is -2.34. The Labute approximate surface area is 166 Å². The molecule has 2 heteroatoms. The molecular formula is C25H25NS. The standard InChI is InChI=1S/C25H25NS/c1-24(2)20-15-16-25(24,3)23-18(20)13-14-21(26-23)19-11-7-8-12-22(19)27-17-9-5-4-6-10-17/h4-14,20H,15-16H2,1-3H3/t20-,25+/m1/s1. The zero-order valence-corrected chi connectivity index (χ0v) is 17.0. The van der Waals surface area contributed by atoms with Crippen molar-refractivity contribution in [2.24, 2.45) is 5.41 Å². The van der Waals surface area contributed by atoms with E-state index in [-0.39, 0.29) is 5.41 Å². The van der Waals surface area contributed by atoms with Crippen LogP contribution in [0.4, 0.5) is 0 Å². The minimum Gasteiger partial charge on any atom is -0.252 e. The van der Waals surface area contributed by atoms with Gasteiger partial charge in [-0.25, -0.2) is 0 Å². The van der Waals surface area contributed by atoms with Gasteiger partial charge in [-0.1, -0.05) is 75.0 Å². The molecule has 5 rings (SSSR count). The van der Waals surface area contributed by atoms with E-state index in [0.717, 1.165) is 5.69 Å². The molecule has 27 heavy (non-hydrogen) atoms. The molecule has 0 saturated heterocycles. The number of benzene rings is 2. The van der Waals surface area contributed by atoms with E-state index in [1.165, 1.54) is 39.5 Å². The quantitative estimate of drug-likeness (QED) is 0.488. The van der Waals surface area contributed by atoms with Crippen molar-refractivity contribution in [2.45, 2.75) is 54.7 Å². The van der Waals surface area contributed by atoms with Crippen LogP contribution < -0.4 is 0 Å². The molecule has 2 aromatic carbocycles. The number of nitrogens with zero attached hydrogens (tertiary/aromatic N) is 1. The van der Waals surface area contributed by atoms with E-state index in [9.17, 15) is 0 Å². The second-order valence-corrected chi connectivity index (χ2v) is 9.81. The Morgan fingerprint density at radius 1 is 0.889 bits per heavy atom. The molecule has 136 valence electrons. The fourth-order valence-corrected chi connectivity index (χ4v) is 6.17.